The van der Waals surface area contributed by atoms with E-state index >= 15 is 0 Å². The Balaban J connectivity index is 1.40. The fraction of sp³-hybridized carbons (Fsp3) is 0.667. The van der Waals surface area contributed by atoms with Crippen LogP contribution in [0.15, 0.2) is 42.3 Å². The van der Waals surface area contributed by atoms with Gasteiger partial charge >= 0.3 is 0 Å². The predicted octanol–water partition coefficient (Wildman–Crippen LogP) is 6.83. The van der Waals surface area contributed by atoms with E-state index in [4.69, 9.17) is 4.74 Å². The smallest absolute Gasteiger partial charge is 0.0616 e. The van der Waals surface area contributed by atoms with Crippen LogP contribution in [0.3, 0.4) is 0 Å². The highest BCUT2D eigenvalue weighted by Crippen LogP contribution is 2.66. The van der Waals surface area contributed by atoms with Crippen molar-refractivity contribution in [3.05, 3.63) is 47.8 Å². The van der Waals surface area contributed by atoms with Gasteiger partial charge in [-0.1, -0.05) is 37.6 Å². The molecule has 3 unspecified atom stereocenters. The summed E-state index contributed by atoms with van der Waals surface area (Å²) in [6, 6.07) is 4.35. The monoisotopic (exact) mass is 391 g/mol. The molecule has 1 aromatic heterocycles. The number of aromatic nitrogens is 1. The first-order valence-electron chi connectivity index (χ1n) is 11.9. The lowest BCUT2D eigenvalue weighted by molar-refractivity contribution is -0.0525. The molecule has 0 saturated heterocycles. The third-order valence-corrected chi connectivity index (χ3v) is 9.08. The van der Waals surface area contributed by atoms with Crippen LogP contribution in [-0.2, 0) is 4.74 Å². The zero-order chi connectivity index (χ0) is 20.2. The average Bonchev–Trinajstić information content (AvgIpc) is 3.06. The lowest BCUT2D eigenvalue weighted by Crippen LogP contribution is -2.50. The van der Waals surface area contributed by atoms with E-state index in [1.807, 2.05) is 6.20 Å². The quantitative estimate of drug-likeness (QED) is 0.527. The molecule has 0 aliphatic heterocycles. The zero-order valence-electron chi connectivity index (χ0n) is 18.7. The molecule has 2 fully saturated rings. The molecule has 4 aliphatic carbocycles. The van der Waals surface area contributed by atoms with Crippen molar-refractivity contribution in [3.8, 4) is 0 Å². The summed E-state index contributed by atoms with van der Waals surface area (Å²) in [6.45, 7) is 9.49. The second-order valence-corrected chi connectivity index (χ2v) is 10.9. The minimum atomic E-state index is 0.323. The fourth-order valence-corrected chi connectivity index (χ4v) is 7.67. The maximum Gasteiger partial charge on any atom is 0.0616 e. The van der Waals surface area contributed by atoms with Gasteiger partial charge in [0.05, 0.1) is 12.2 Å². The predicted molar refractivity (Wildman–Crippen MR) is 119 cm³/mol. The Morgan fingerprint density at radius 3 is 2.62 bits per heavy atom. The Labute approximate surface area is 176 Å². The van der Waals surface area contributed by atoms with E-state index in [-0.39, 0.29) is 0 Å². The maximum absolute atomic E-state index is 6.21. The first kappa shape index (κ1) is 19.5. The summed E-state index contributed by atoms with van der Waals surface area (Å²) in [5.41, 5.74) is 5.36. The van der Waals surface area contributed by atoms with E-state index in [1.54, 1.807) is 11.1 Å². The Morgan fingerprint density at radius 2 is 1.86 bits per heavy atom. The average molecular weight is 392 g/mol. The summed E-state index contributed by atoms with van der Waals surface area (Å²) in [6.07, 6.45) is 18.9. The highest BCUT2D eigenvalue weighted by Gasteiger charge is 2.56. The largest absolute Gasteiger partial charge is 0.375 e. The number of fused-ring (bicyclic) bond motifs is 5. The van der Waals surface area contributed by atoms with E-state index in [9.17, 15) is 0 Å². The van der Waals surface area contributed by atoms with Crippen LogP contribution >= 0.6 is 0 Å². The molecular weight excluding hydrogens is 354 g/mol. The van der Waals surface area contributed by atoms with Gasteiger partial charge in [0.25, 0.3) is 0 Å². The van der Waals surface area contributed by atoms with Crippen molar-refractivity contribution >= 4 is 5.57 Å². The summed E-state index contributed by atoms with van der Waals surface area (Å²) in [7, 11) is 0. The Kier molecular flexibility index (Phi) is 4.77. The summed E-state index contributed by atoms with van der Waals surface area (Å²) >= 11 is 0. The number of hydrogen-bond acceptors (Lipinski definition) is 2. The van der Waals surface area contributed by atoms with E-state index < -0.39 is 0 Å². The summed E-state index contributed by atoms with van der Waals surface area (Å²) in [5, 5.41) is 0. The highest BCUT2D eigenvalue weighted by molar-refractivity contribution is 5.72. The lowest BCUT2D eigenvalue weighted by Gasteiger charge is -2.58. The molecule has 2 heteroatoms. The number of pyridine rings is 1. The minimum absolute atomic E-state index is 0.323. The van der Waals surface area contributed by atoms with Crippen molar-refractivity contribution in [1.29, 1.82) is 0 Å². The van der Waals surface area contributed by atoms with E-state index in [2.05, 4.69) is 63.2 Å². The van der Waals surface area contributed by atoms with Gasteiger partial charge < -0.3 is 4.74 Å². The molecule has 0 amide bonds. The Bertz CT molecular complexity index is 824. The molecule has 6 atom stereocenters. The van der Waals surface area contributed by atoms with Crippen molar-refractivity contribution < 1.29 is 4.74 Å². The lowest BCUT2D eigenvalue weighted by atomic mass is 9.47. The molecule has 0 spiro atoms. The molecule has 2 saturated carbocycles. The second-order valence-electron chi connectivity index (χ2n) is 10.9. The molecule has 1 aromatic rings. The van der Waals surface area contributed by atoms with Crippen LogP contribution in [0.4, 0.5) is 0 Å². The first-order valence-corrected chi connectivity index (χ1v) is 11.9. The van der Waals surface area contributed by atoms with Crippen LogP contribution in [0.2, 0.25) is 0 Å². The highest BCUT2D eigenvalue weighted by atomic mass is 16.5. The SMILES string of the molecule is CC(C)O[C@@H]1CC[C@@]2(C)C(=CCC3C2CC[C@]2(C)C(c4cccnc4)=CCC32)C1. The summed E-state index contributed by atoms with van der Waals surface area (Å²) in [4.78, 5) is 4.41. The molecule has 0 aromatic carbocycles. The van der Waals surface area contributed by atoms with Gasteiger partial charge in [-0.2, -0.15) is 0 Å². The molecule has 5 rings (SSSR count). The van der Waals surface area contributed by atoms with Gasteiger partial charge in [0.15, 0.2) is 0 Å². The Morgan fingerprint density at radius 1 is 1.03 bits per heavy atom. The van der Waals surface area contributed by atoms with Gasteiger partial charge in [-0.25, -0.2) is 0 Å². The van der Waals surface area contributed by atoms with E-state index in [0.29, 0.717) is 23.0 Å². The van der Waals surface area contributed by atoms with Crippen molar-refractivity contribution in [3.63, 3.8) is 0 Å². The Hall–Kier alpha value is -1.41. The fourth-order valence-electron chi connectivity index (χ4n) is 7.67. The van der Waals surface area contributed by atoms with Gasteiger partial charge in [0.1, 0.15) is 0 Å². The van der Waals surface area contributed by atoms with Gasteiger partial charge in [0.2, 0.25) is 0 Å². The molecule has 4 aliphatic rings. The van der Waals surface area contributed by atoms with E-state index in [0.717, 1.165) is 17.8 Å². The van der Waals surface area contributed by atoms with Crippen LogP contribution in [0.25, 0.3) is 5.57 Å². The van der Waals surface area contributed by atoms with Gasteiger partial charge in [-0.05, 0) is 105 Å². The topological polar surface area (TPSA) is 22.1 Å². The molecule has 0 N–H and O–H groups in total. The number of rotatable bonds is 3. The molecule has 29 heavy (non-hydrogen) atoms. The van der Waals surface area contributed by atoms with E-state index in [1.165, 1.54) is 50.5 Å². The normalized spacial score (nSPS) is 41.3. The maximum atomic E-state index is 6.21. The molecular formula is C27H37NO. The van der Waals surface area contributed by atoms with Crippen LogP contribution in [-0.4, -0.2) is 17.2 Å². The van der Waals surface area contributed by atoms with Gasteiger partial charge in [-0.3, -0.25) is 4.98 Å². The molecule has 0 radical (unpaired) electrons. The van der Waals surface area contributed by atoms with Crippen molar-refractivity contribution in [1.82, 2.24) is 4.98 Å². The third kappa shape index (κ3) is 3.05. The number of nitrogens with zero attached hydrogens (tertiary/aromatic N) is 1. The molecule has 156 valence electrons. The first-order chi connectivity index (χ1) is 13.9. The van der Waals surface area contributed by atoms with Crippen LogP contribution < -0.4 is 0 Å². The van der Waals surface area contributed by atoms with Crippen molar-refractivity contribution in [2.45, 2.75) is 84.8 Å². The number of hydrogen-bond donors (Lipinski definition) is 0. The van der Waals surface area contributed by atoms with Crippen LogP contribution in [0.5, 0.6) is 0 Å². The zero-order valence-corrected chi connectivity index (χ0v) is 18.7. The second kappa shape index (κ2) is 7.08. The number of ether oxygens (including phenoxy) is 1. The third-order valence-electron chi connectivity index (χ3n) is 9.08. The van der Waals surface area contributed by atoms with Gasteiger partial charge in [-0.15, -0.1) is 0 Å². The number of allylic oxidation sites excluding steroid dienone is 3. The standard InChI is InChI=1S/C27H37NO/c1-18(2)29-21-11-13-26(3)20(16-21)7-8-22-24-10-9-23(19-6-5-15-28-17-19)27(24,4)14-12-25(22)26/h5-7,9,15,17-18,21-22,24-25H,8,10-14,16H2,1-4H3/t21-,22?,24?,25?,26+,27-/m1/s1. The van der Waals surface area contributed by atoms with Crippen molar-refractivity contribution in [2.24, 2.45) is 28.6 Å². The molecule has 1 heterocycles. The summed E-state index contributed by atoms with van der Waals surface area (Å²) < 4.78 is 6.21. The summed E-state index contributed by atoms with van der Waals surface area (Å²) in [5.74, 6) is 2.47. The van der Waals surface area contributed by atoms with Crippen LogP contribution in [0.1, 0.15) is 78.2 Å². The van der Waals surface area contributed by atoms with Gasteiger partial charge in [0, 0.05) is 12.4 Å². The molecule has 0 bridgehead atoms. The van der Waals surface area contributed by atoms with Crippen molar-refractivity contribution in [2.75, 3.05) is 0 Å². The molecule has 2 nitrogen and oxygen atoms in total. The minimum Gasteiger partial charge on any atom is -0.375 e. The van der Waals surface area contributed by atoms with Crippen LogP contribution in [0, 0.1) is 28.6 Å².